The van der Waals surface area contributed by atoms with E-state index in [9.17, 15) is 13.2 Å². The van der Waals surface area contributed by atoms with Crippen molar-refractivity contribution < 1.29 is 13.2 Å². The molecule has 68 valence electrons. The average molecular weight is 179 g/mol. The van der Waals surface area contributed by atoms with E-state index in [0.29, 0.717) is 4.68 Å². The van der Waals surface area contributed by atoms with Crippen molar-refractivity contribution in [1.29, 1.82) is 0 Å². The van der Waals surface area contributed by atoms with Crippen LogP contribution in [-0.2, 0) is 0 Å². The molecule has 12 heavy (non-hydrogen) atoms. The summed E-state index contributed by atoms with van der Waals surface area (Å²) >= 11 is 0. The molecular formula is C6H8F3N3. The molecule has 0 aromatic carbocycles. The lowest BCUT2D eigenvalue weighted by Crippen LogP contribution is -2.15. The van der Waals surface area contributed by atoms with E-state index < -0.39 is 12.7 Å². The molecule has 1 unspecified atom stereocenters. The number of rotatable bonds is 2. The summed E-state index contributed by atoms with van der Waals surface area (Å²) in [6, 6.07) is 0. The predicted molar refractivity (Wildman–Crippen MR) is 37.5 cm³/mol. The first-order chi connectivity index (χ1) is 5.54. The van der Waals surface area contributed by atoms with Gasteiger partial charge < -0.3 is 5.73 Å². The second kappa shape index (κ2) is 3.04. The Labute approximate surface area is 67.0 Å². The summed E-state index contributed by atoms with van der Waals surface area (Å²) in [5.74, 6) is 0. The molecule has 0 fully saturated rings. The number of anilines is 1. The van der Waals surface area contributed by atoms with Crippen LogP contribution in [0, 0.1) is 6.92 Å². The molecule has 0 spiro atoms. The molecule has 0 aliphatic carbocycles. The van der Waals surface area contributed by atoms with E-state index in [1.165, 1.54) is 6.92 Å². The van der Waals surface area contributed by atoms with E-state index in [4.69, 9.17) is 5.73 Å². The van der Waals surface area contributed by atoms with Crippen molar-refractivity contribution >= 4 is 5.69 Å². The van der Waals surface area contributed by atoms with Gasteiger partial charge in [0.05, 0.1) is 17.6 Å². The molecule has 0 saturated heterocycles. The minimum Gasteiger partial charge on any atom is -0.396 e. The van der Waals surface area contributed by atoms with Crippen LogP contribution >= 0.6 is 0 Å². The maximum Gasteiger partial charge on any atom is 0.289 e. The summed E-state index contributed by atoms with van der Waals surface area (Å²) in [7, 11) is 0. The van der Waals surface area contributed by atoms with Gasteiger partial charge in [0, 0.05) is 0 Å². The van der Waals surface area contributed by atoms with Gasteiger partial charge in [-0.05, 0) is 6.92 Å². The summed E-state index contributed by atoms with van der Waals surface area (Å²) in [5, 5.41) is 3.37. The lowest BCUT2D eigenvalue weighted by Gasteiger charge is -2.08. The molecule has 1 aromatic rings. The van der Waals surface area contributed by atoms with Gasteiger partial charge in [0.1, 0.15) is 0 Å². The second-order valence-electron chi connectivity index (χ2n) is 2.34. The van der Waals surface area contributed by atoms with Crippen LogP contribution in [0.3, 0.4) is 0 Å². The van der Waals surface area contributed by atoms with E-state index in [0.717, 1.165) is 6.20 Å². The van der Waals surface area contributed by atoms with E-state index in [2.05, 4.69) is 5.10 Å². The van der Waals surface area contributed by atoms with Crippen LogP contribution in [0.25, 0.3) is 0 Å². The van der Waals surface area contributed by atoms with E-state index in [1.807, 2.05) is 0 Å². The fourth-order valence-electron chi connectivity index (χ4n) is 0.792. The summed E-state index contributed by atoms with van der Waals surface area (Å²) in [5.41, 5.74) is 5.70. The maximum absolute atomic E-state index is 12.6. The molecule has 3 nitrogen and oxygen atoms in total. The summed E-state index contributed by atoms with van der Waals surface area (Å²) in [6.45, 7) is 1.43. The van der Waals surface area contributed by atoms with Gasteiger partial charge in [-0.15, -0.1) is 0 Å². The monoisotopic (exact) mass is 179 g/mol. The summed E-state index contributed by atoms with van der Waals surface area (Å²) in [4.78, 5) is 0. The Morgan fingerprint density at radius 2 is 2.08 bits per heavy atom. The Morgan fingerprint density at radius 3 is 2.42 bits per heavy atom. The van der Waals surface area contributed by atoms with Crippen LogP contribution in [-0.4, -0.2) is 16.2 Å². The van der Waals surface area contributed by atoms with Crippen molar-refractivity contribution in [2.75, 3.05) is 5.73 Å². The first kappa shape index (κ1) is 8.89. The Hall–Kier alpha value is -1.20. The molecular weight excluding hydrogens is 171 g/mol. The van der Waals surface area contributed by atoms with Crippen LogP contribution in [0.5, 0.6) is 0 Å². The zero-order valence-electron chi connectivity index (χ0n) is 6.34. The minimum absolute atomic E-state index is 0.207. The Morgan fingerprint density at radius 1 is 1.50 bits per heavy atom. The van der Waals surface area contributed by atoms with Crippen LogP contribution in [0.1, 0.15) is 12.0 Å². The number of nitrogen functional groups attached to an aromatic ring is 1. The predicted octanol–water partition coefficient (Wildman–Crippen LogP) is 1.51. The number of hydrogen-bond donors (Lipinski definition) is 1. The molecule has 1 heterocycles. The first-order valence-electron chi connectivity index (χ1n) is 3.26. The number of aromatic nitrogens is 2. The molecule has 0 aliphatic rings. The van der Waals surface area contributed by atoms with Crippen molar-refractivity contribution in [3.63, 3.8) is 0 Å². The third kappa shape index (κ3) is 1.37. The van der Waals surface area contributed by atoms with Crippen LogP contribution in [0.4, 0.5) is 18.9 Å². The van der Waals surface area contributed by atoms with Crippen LogP contribution in [0.2, 0.25) is 0 Å². The van der Waals surface area contributed by atoms with E-state index in [-0.39, 0.29) is 11.4 Å². The van der Waals surface area contributed by atoms with Crippen molar-refractivity contribution in [1.82, 2.24) is 9.78 Å². The standard InChI is InChI=1S/C6H8F3N3/c1-3-4(10)2-11-12(3)6(9)5(7)8/h2,5-6H,10H2,1H3. The average Bonchev–Trinajstić information content (AvgIpc) is 2.32. The smallest absolute Gasteiger partial charge is 0.289 e. The Kier molecular flexibility index (Phi) is 2.25. The molecule has 6 heteroatoms. The topological polar surface area (TPSA) is 43.8 Å². The van der Waals surface area contributed by atoms with Gasteiger partial charge in [0.25, 0.3) is 12.7 Å². The van der Waals surface area contributed by atoms with Gasteiger partial charge in [-0.25, -0.2) is 17.9 Å². The molecule has 0 saturated carbocycles. The van der Waals surface area contributed by atoms with Crippen molar-refractivity contribution in [2.45, 2.75) is 19.6 Å². The SMILES string of the molecule is Cc1c(N)cnn1C(F)C(F)F. The number of nitrogens with zero attached hydrogens (tertiary/aromatic N) is 2. The number of hydrogen-bond acceptors (Lipinski definition) is 2. The second-order valence-corrected chi connectivity index (χ2v) is 2.34. The van der Waals surface area contributed by atoms with Gasteiger partial charge in [0.15, 0.2) is 0 Å². The van der Waals surface area contributed by atoms with Gasteiger partial charge >= 0.3 is 0 Å². The normalized spacial score (nSPS) is 13.8. The molecule has 2 N–H and O–H groups in total. The summed E-state index contributed by atoms with van der Waals surface area (Å²) in [6.07, 6.45) is -4.35. The number of alkyl halides is 3. The highest BCUT2D eigenvalue weighted by Crippen LogP contribution is 2.21. The molecule has 1 aromatic heterocycles. The first-order valence-corrected chi connectivity index (χ1v) is 3.26. The largest absolute Gasteiger partial charge is 0.396 e. The molecule has 1 rings (SSSR count). The lowest BCUT2D eigenvalue weighted by atomic mass is 10.4. The van der Waals surface area contributed by atoms with Crippen LogP contribution < -0.4 is 5.73 Å². The van der Waals surface area contributed by atoms with E-state index >= 15 is 0 Å². The summed E-state index contributed by atoms with van der Waals surface area (Å²) < 4.78 is 36.8. The van der Waals surface area contributed by atoms with Gasteiger partial charge in [-0.2, -0.15) is 5.10 Å². The molecule has 0 aliphatic heterocycles. The van der Waals surface area contributed by atoms with Gasteiger partial charge in [-0.3, -0.25) is 0 Å². The highest BCUT2D eigenvalue weighted by atomic mass is 19.3. The third-order valence-electron chi connectivity index (χ3n) is 1.52. The van der Waals surface area contributed by atoms with Gasteiger partial charge in [-0.1, -0.05) is 0 Å². The van der Waals surface area contributed by atoms with Crippen molar-refractivity contribution in [2.24, 2.45) is 0 Å². The van der Waals surface area contributed by atoms with Crippen molar-refractivity contribution in [3.8, 4) is 0 Å². The quantitative estimate of drug-likeness (QED) is 0.747. The number of halogens is 3. The third-order valence-corrected chi connectivity index (χ3v) is 1.52. The van der Waals surface area contributed by atoms with Gasteiger partial charge in [0.2, 0.25) is 0 Å². The molecule has 0 bridgehead atoms. The maximum atomic E-state index is 12.6. The van der Waals surface area contributed by atoms with Crippen LogP contribution in [0.15, 0.2) is 6.20 Å². The highest BCUT2D eigenvalue weighted by Gasteiger charge is 2.23. The Bertz CT molecular complexity index is 271. The lowest BCUT2D eigenvalue weighted by molar-refractivity contribution is -0.000373. The van der Waals surface area contributed by atoms with Crippen molar-refractivity contribution in [3.05, 3.63) is 11.9 Å². The highest BCUT2D eigenvalue weighted by molar-refractivity contribution is 5.39. The zero-order chi connectivity index (χ0) is 9.30. The number of nitrogens with two attached hydrogens (primary N) is 1. The minimum atomic E-state index is -3.08. The fraction of sp³-hybridized carbons (Fsp3) is 0.500. The molecule has 0 amide bonds. The molecule has 1 atom stereocenters. The Balaban J connectivity index is 2.95. The fourth-order valence-corrected chi connectivity index (χ4v) is 0.792. The molecule has 0 radical (unpaired) electrons. The van der Waals surface area contributed by atoms with E-state index in [1.54, 1.807) is 0 Å². The zero-order valence-corrected chi connectivity index (χ0v) is 6.34.